The molecule has 1 atom stereocenters. The van der Waals surface area contributed by atoms with Crippen LogP contribution >= 0.6 is 0 Å². The SMILES string of the molecule is Cc1cc(-c2c(-c3cccc(F)c3)nc(N)c3nc(C(=O)NC4CCOC4)cn23)cc(C(F)(F)F)n1.Cc1cc(-c2c(-c3cccc(F)c3)nc(N)c3nc(C(=O)O)cn23)cc(C(F)(F)F)n1. The minimum atomic E-state index is -4.72. The van der Waals surface area contributed by atoms with Crippen LogP contribution in [0.4, 0.5) is 46.8 Å². The maximum absolute atomic E-state index is 14.1. The molecule has 1 aliphatic rings. The molecule has 1 amide bonds. The quantitative estimate of drug-likeness (QED) is 0.111. The van der Waals surface area contributed by atoms with Crippen LogP contribution in [0.3, 0.4) is 0 Å². The summed E-state index contributed by atoms with van der Waals surface area (Å²) >= 11 is 0. The summed E-state index contributed by atoms with van der Waals surface area (Å²) in [4.78, 5) is 48.2. The van der Waals surface area contributed by atoms with Crippen molar-refractivity contribution in [3.63, 3.8) is 0 Å². The third kappa shape index (κ3) is 9.38. The van der Waals surface area contributed by atoms with Crippen molar-refractivity contribution in [3.05, 3.63) is 131 Å². The number of hydrogen-bond acceptors (Lipinski definition) is 11. The Labute approximate surface area is 372 Å². The maximum Gasteiger partial charge on any atom is 0.433 e. The minimum absolute atomic E-state index is 0.00475. The number of amides is 1. The van der Waals surface area contributed by atoms with E-state index in [2.05, 4.69) is 35.2 Å². The van der Waals surface area contributed by atoms with Gasteiger partial charge in [-0.15, -0.1) is 0 Å². The van der Waals surface area contributed by atoms with Crippen LogP contribution in [0.1, 0.15) is 50.2 Å². The number of carboxylic acids is 1. The minimum Gasteiger partial charge on any atom is -0.476 e. The van der Waals surface area contributed by atoms with Gasteiger partial charge >= 0.3 is 18.3 Å². The number of nitrogen functional groups attached to an aromatic ring is 2. The van der Waals surface area contributed by atoms with Gasteiger partial charge < -0.3 is 26.6 Å². The van der Waals surface area contributed by atoms with Gasteiger partial charge in [0.05, 0.1) is 35.4 Å². The Morgan fingerprint density at radius 2 is 1.13 bits per heavy atom. The third-order valence-electron chi connectivity index (χ3n) is 10.2. The second-order valence-corrected chi connectivity index (χ2v) is 15.1. The van der Waals surface area contributed by atoms with Crippen LogP contribution in [-0.4, -0.2) is 74.9 Å². The van der Waals surface area contributed by atoms with Crippen LogP contribution in [0.2, 0.25) is 0 Å². The Hall–Kier alpha value is -8.08. The predicted molar refractivity (Wildman–Crippen MR) is 225 cm³/mol. The fourth-order valence-corrected chi connectivity index (χ4v) is 7.38. The molecule has 0 radical (unpaired) electrons. The molecule has 0 bridgehead atoms. The highest BCUT2D eigenvalue weighted by molar-refractivity contribution is 5.95. The highest BCUT2D eigenvalue weighted by atomic mass is 19.4. The number of carboxylic acid groups (broad SMARTS) is 1. The van der Waals surface area contributed by atoms with E-state index in [0.717, 1.165) is 24.4 Å². The summed E-state index contributed by atoms with van der Waals surface area (Å²) in [6, 6.07) is 15.0. The number of aromatic nitrogens is 8. The van der Waals surface area contributed by atoms with Crippen LogP contribution in [0, 0.1) is 25.5 Å². The van der Waals surface area contributed by atoms with Crippen molar-refractivity contribution < 1.29 is 54.6 Å². The van der Waals surface area contributed by atoms with Crippen LogP contribution in [0.15, 0.2) is 85.2 Å². The number of hydrogen-bond donors (Lipinski definition) is 4. The van der Waals surface area contributed by atoms with Gasteiger partial charge in [-0.05, 0) is 68.8 Å². The molecule has 1 unspecified atom stereocenters. The van der Waals surface area contributed by atoms with Gasteiger partial charge in [0.2, 0.25) is 0 Å². The number of nitrogens with two attached hydrogens (primary N) is 2. The van der Waals surface area contributed by atoms with Crippen LogP contribution in [0.25, 0.3) is 56.3 Å². The van der Waals surface area contributed by atoms with Gasteiger partial charge in [0.1, 0.15) is 28.7 Å². The van der Waals surface area contributed by atoms with Crippen molar-refractivity contribution in [1.82, 2.24) is 44.0 Å². The molecule has 6 N–H and O–H groups in total. The molecule has 344 valence electrons. The van der Waals surface area contributed by atoms with Gasteiger partial charge in [-0.25, -0.2) is 43.5 Å². The molecule has 6 aromatic heterocycles. The number of anilines is 2. The first-order chi connectivity index (χ1) is 31.6. The molecule has 0 spiro atoms. The molecule has 0 saturated carbocycles. The second kappa shape index (κ2) is 17.4. The van der Waals surface area contributed by atoms with Crippen LogP contribution < -0.4 is 16.8 Å². The predicted octanol–water partition coefficient (Wildman–Crippen LogP) is 8.23. The Balaban J connectivity index is 0.000000184. The zero-order valence-electron chi connectivity index (χ0n) is 34.7. The Morgan fingerprint density at radius 3 is 1.55 bits per heavy atom. The molecule has 2 aromatic carbocycles. The number of nitrogens with zero attached hydrogens (tertiary/aromatic N) is 8. The monoisotopic (exact) mass is 931 g/mol. The molecule has 1 saturated heterocycles. The Kier molecular flexibility index (Phi) is 11.8. The first-order valence-electron chi connectivity index (χ1n) is 19.8. The molecule has 0 aliphatic carbocycles. The number of pyridine rings is 2. The largest absolute Gasteiger partial charge is 0.476 e. The molecule has 9 rings (SSSR count). The van der Waals surface area contributed by atoms with E-state index < -0.39 is 47.3 Å². The number of benzene rings is 2. The molecule has 7 heterocycles. The Morgan fingerprint density at radius 1 is 0.672 bits per heavy atom. The van der Waals surface area contributed by atoms with E-state index in [4.69, 9.17) is 16.2 Å². The average molecular weight is 932 g/mol. The zero-order chi connectivity index (χ0) is 48.1. The average Bonchev–Trinajstić information content (AvgIpc) is 4.04. The van der Waals surface area contributed by atoms with E-state index in [9.17, 15) is 49.8 Å². The van der Waals surface area contributed by atoms with E-state index >= 15 is 0 Å². The number of aryl methyl sites for hydroxylation is 2. The summed E-state index contributed by atoms with van der Waals surface area (Å²) in [6.45, 7) is 3.71. The number of carbonyl (C=O) groups excluding carboxylic acids is 1. The lowest BCUT2D eigenvalue weighted by molar-refractivity contribution is -0.142. The normalized spacial score (nSPS) is 14.0. The van der Waals surface area contributed by atoms with Crippen LogP contribution in [0.5, 0.6) is 0 Å². The van der Waals surface area contributed by atoms with Crippen molar-refractivity contribution >= 4 is 34.8 Å². The van der Waals surface area contributed by atoms with Crippen LogP contribution in [-0.2, 0) is 17.1 Å². The number of aromatic carboxylic acids is 1. The molecular weight excluding hydrogens is 899 g/mol. The van der Waals surface area contributed by atoms with Gasteiger partial charge in [-0.1, -0.05) is 24.3 Å². The molecule has 67 heavy (non-hydrogen) atoms. The van der Waals surface area contributed by atoms with E-state index in [1.807, 2.05) is 0 Å². The summed E-state index contributed by atoms with van der Waals surface area (Å²) in [5.74, 6) is -3.26. The lowest BCUT2D eigenvalue weighted by atomic mass is 10.0. The van der Waals surface area contributed by atoms with Gasteiger partial charge in [-0.2, -0.15) is 26.3 Å². The summed E-state index contributed by atoms with van der Waals surface area (Å²) in [7, 11) is 0. The number of ether oxygens (including phenoxy) is 1. The lowest BCUT2D eigenvalue weighted by Gasteiger charge is -2.15. The summed E-state index contributed by atoms with van der Waals surface area (Å²) in [6.07, 6.45) is -6.28. The van der Waals surface area contributed by atoms with Crippen molar-refractivity contribution in [3.8, 4) is 45.0 Å². The van der Waals surface area contributed by atoms with Gasteiger partial charge in [0.25, 0.3) is 5.91 Å². The van der Waals surface area contributed by atoms with E-state index in [1.54, 1.807) is 6.07 Å². The van der Waals surface area contributed by atoms with Gasteiger partial charge in [0.15, 0.2) is 28.6 Å². The molecule has 15 nitrogen and oxygen atoms in total. The topological polar surface area (TPSA) is 214 Å². The number of fused-ring (bicyclic) bond motifs is 2. The number of rotatable bonds is 7. The van der Waals surface area contributed by atoms with E-state index in [0.29, 0.717) is 19.6 Å². The molecule has 1 fully saturated rings. The fourth-order valence-electron chi connectivity index (χ4n) is 7.38. The highest BCUT2D eigenvalue weighted by Gasteiger charge is 2.35. The maximum atomic E-state index is 14.1. The number of alkyl halides is 6. The van der Waals surface area contributed by atoms with Crippen molar-refractivity contribution in [2.75, 3.05) is 24.7 Å². The summed E-state index contributed by atoms with van der Waals surface area (Å²) in [5, 5.41) is 12.1. The first-order valence-corrected chi connectivity index (χ1v) is 19.8. The zero-order valence-corrected chi connectivity index (χ0v) is 34.7. The smallest absolute Gasteiger partial charge is 0.433 e. The van der Waals surface area contributed by atoms with E-state index in [-0.39, 0.29) is 96.8 Å². The van der Waals surface area contributed by atoms with Crippen molar-refractivity contribution in [2.24, 2.45) is 0 Å². The molecule has 23 heteroatoms. The summed E-state index contributed by atoms with van der Waals surface area (Å²) < 4.78 is 117. The highest BCUT2D eigenvalue weighted by Crippen LogP contribution is 2.39. The second-order valence-electron chi connectivity index (χ2n) is 15.1. The third-order valence-corrected chi connectivity index (χ3v) is 10.2. The van der Waals surface area contributed by atoms with Crippen molar-refractivity contribution in [1.29, 1.82) is 0 Å². The molecule has 1 aliphatic heterocycles. The molecular formula is C44H33F8N11O4. The van der Waals surface area contributed by atoms with Gasteiger partial charge in [-0.3, -0.25) is 13.6 Å². The standard InChI is InChI=1S/C24H20F4N6O2.C20H13F4N5O2/c1-12-7-14(9-18(30-12)24(26,27)28)20-19(13-3-2-4-15(25)8-13)33-21(29)22-32-17(10-34(20)22)23(35)31-16-5-6-36-11-16;1-9-5-11(7-14(26-9)20(22,23)24)16-15(10-3-2-4-12(21)6-10)28-17(25)18-27-13(19(30)31)8-29(16)18/h2-4,7-10,16H,5-6,11H2,1H3,(H2,29,33)(H,31,35);2-8H,1H3,(H2,25,28)(H,30,31). The number of carbonyl (C=O) groups is 2. The molecule has 8 aromatic rings. The number of nitrogens with one attached hydrogen (secondary N) is 1. The fraction of sp³-hybridized carbons (Fsp3) is 0.182. The number of imidazole rings is 2. The lowest BCUT2D eigenvalue weighted by Crippen LogP contribution is -2.35. The van der Waals surface area contributed by atoms with E-state index in [1.165, 1.54) is 77.4 Å². The first kappa shape index (κ1) is 45.5. The van der Waals surface area contributed by atoms with Gasteiger partial charge in [0, 0.05) is 52.6 Å². The Bertz CT molecular complexity index is 3260. The van der Waals surface area contributed by atoms with Crippen molar-refractivity contribution in [2.45, 2.75) is 38.7 Å². The summed E-state index contributed by atoms with van der Waals surface area (Å²) in [5.41, 5.74) is 10.7. The number of halogens is 8.